The first-order chi connectivity index (χ1) is 17.2. The molecule has 2 aromatic carbocycles. The highest BCUT2D eigenvalue weighted by atomic mass is 32.2. The van der Waals surface area contributed by atoms with Crippen molar-refractivity contribution in [3.05, 3.63) is 77.6 Å². The number of aryl methyl sites for hydroxylation is 2. The normalized spacial score (nSPS) is 11.7. The first-order valence-corrected chi connectivity index (χ1v) is 12.7. The first kappa shape index (κ1) is 27.0. The van der Waals surface area contributed by atoms with Crippen LogP contribution in [0.4, 0.5) is 5.69 Å². The van der Waals surface area contributed by atoms with Crippen molar-refractivity contribution in [2.45, 2.75) is 45.4 Å². The number of nitrogens with one attached hydrogen (secondary N) is 2. The Morgan fingerprint density at radius 1 is 1.11 bits per heavy atom. The molecule has 0 saturated heterocycles. The number of anilines is 1. The van der Waals surface area contributed by atoms with E-state index in [9.17, 15) is 9.59 Å². The van der Waals surface area contributed by atoms with E-state index in [4.69, 9.17) is 4.74 Å². The Balaban J connectivity index is 1.74. The Morgan fingerprint density at radius 3 is 2.44 bits per heavy atom. The Labute approximate surface area is 216 Å². The summed E-state index contributed by atoms with van der Waals surface area (Å²) in [6.45, 7) is 12.4. The van der Waals surface area contributed by atoms with E-state index in [2.05, 4.69) is 27.4 Å². The summed E-state index contributed by atoms with van der Waals surface area (Å²) in [6.07, 6.45) is 1.74. The van der Waals surface area contributed by atoms with Gasteiger partial charge in [-0.2, -0.15) is 0 Å². The number of carbonyl (C=O) groups is 2. The predicted octanol–water partition coefficient (Wildman–Crippen LogP) is 4.95. The zero-order valence-corrected chi connectivity index (χ0v) is 22.2. The van der Waals surface area contributed by atoms with Crippen LogP contribution in [0.1, 0.15) is 47.2 Å². The third kappa shape index (κ3) is 6.75. The van der Waals surface area contributed by atoms with Gasteiger partial charge in [0.2, 0.25) is 5.91 Å². The second-order valence-electron chi connectivity index (χ2n) is 8.80. The van der Waals surface area contributed by atoms with E-state index < -0.39 is 0 Å². The summed E-state index contributed by atoms with van der Waals surface area (Å²) in [5.74, 6) is 1.17. The van der Waals surface area contributed by atoms with E-state index >= 15 is 0 Å². The molecule has 190 valence electrons. The Hall–Kier alpha value is -3.59. The average Bonchev–Trinajstić information content (AvgIpc) is 3.25. The third-order valence-corrected chi connectivity index (χ3v) is 6.73. The molecule has 2 amide bonds. The van der Waals surface area contributed by atoms with Gasteiger partial charge < -0.3 is 19.9 Å². The Kier molecular flexibility index (Phi) is 9.30. The molecular weight excluding hydrogens is 474 g/mol. The molecule has 9 heteroatoms. The van der Waals surface area contributed by atoms with Crippen molar-refractivity contribution in [2.24, 2.45) is 5.92 Å². The molecular formula is C27H33N5O3S. The van der Waals surface area contributed by atoms with Crippen molar-refractivity contribution in [3.8, 4) is 5.75 Å². The van der Waals surface area contributed by atoms with Crippen LogP contribution in [0.15, 0.2) is 60.3 Å². The molecule has 0 aliphatic heterocycles. The summed E-state index contributed by atoms with van der Waals surface area (Å²) in [5.41, 5.74) is 3.57. The number of benzene rings is 2. The molecule has 0 saturated carbocycles. The van der Waals surface area contributed by atoms with Crippen molar-refractivity contribution in [1.82, 2.24) is 20.1 Å². The van der Waals surface area contributed by atoms with E-state index in [1.54, 1.807) is 37.5 Å². The zero-order valence-electron chi connectivity index (χ0n) is 21.4. The van der Waals surface area contributed by atoms with Gasteiger partial charge >= 0.3 is 0 Å². The van der Waals surface area contributed by atoms with Gasteiger partial charge in [0.05, 0.1) is 18.9 Å². The topological polar surface area (TPSA) is 98.1 Å². The lowest BCUT2D eigenvalue weighted by Gasteiger charge is -2.22. The Morgan fingerprint density at radius 2 is 1.83 bits per heavy atom. The molecule has 0 fully saturated rings. The maximum Gasteiger partial charge on any atom is 0.251 e. The fourth-order valence-electron chi connectivity index (χ4n) is 3.58. The number of hydrogen-bond donors (Lipinski definition) is 2. The van der Waals surface area contributed by atoms with Gasteiger partial charge in [0.1, 0.15) is 5.75 Å². The quantitative estimate of drug-likeness (QED) is 0.282. The minimum Gasteiger partial charge on any atom is -0.497 e. The molecule has 0 bridgehead atoms. The van der Waals surface area contributed by atoms with E-state index in [0.717, 1.165) is 11.3 Å². The minimum atomic E-state index is -0.384. The smallest absolute Gasteiger partial charge is 0.251 e. The Bertz CT molecular complexity index is 1220. The fraction of sp³-hybridized carbons (Fsp3) is 0.333. The van der Waals surface area contributed by atoms with Crippen LogP contribution in [0.25, 0.3) is 0 Å². The number of rotatable bonds is 11. The van der Waals surface area contributed by atoms with E-state index in [1.165, 1.54) is 17.3 Å². The van der Waals surface area contributed by atoms with Crippen LogP contribution in [0, 0.1) is 19.8 Å². The molecule has 0 aliphatic carbocycles. The number of allylic oxidation sites excluding steroid dienone is 1. The molecule has 36 heavy (non-hydrogen) atoms. The molecule has 0 unspecified atom stereocenters. The number of amides is 2. The maximum absolute atomic E-state index is 13.0. The molecule has 3 rings (SSSR count). The number of nitrogens with zero attached hydrogens (tertiary/aromatic N) is 3. The average molecular weight is 508 g/mol. The standard InChI is InChI=1S/C27H33N5O3S/c1-7-14-32-25(24(17(2)3)29-26(34)20-9-12-22(35-6)13-10-20)30-31-27(32)36-16-23(33)28-21-11-8-18(4)19(5)15-21/h7-13,15,17,24H,1,14,16H2,2-6H3,(H,28,33)(H,29,34)/t24-/m1/s1. The van der Waals surface area contributed by atoms with Crippen LogP contribution in [-0.2, 0) is 11.3 Å². The summed E-state index contributed by atoms with van der Waals surface area (Å²) in [4.78, 5) is 25.5. The highest BCUT2D eigenvalue weighted by Crippen LogP contribution is 2.26. The van der Waals surface area contributed by atoms with Crippen LogP contribution in [0.5, 0.6) is 5.75 Å². The van der Waals surface area contributed by atoms with Gasteiger partial charge in [-0.15, -0.1) is 16.8 Å². The maximum atomic E-state index is 13.0. The largest absolute Gasteiger partial charge is 0.497 e. The molecule has 0 aliphatic rings. The molecule has 8 nitrogen and oxygen atoms in total. The second kappa shape index (κ2) is 12.4. The lowest BCUT2D eigenvalue weighted by molar-refractivity contribution is -0.113. The van der Waals surface area contributed by atoms with Gasteiger partial charge in [-0.3, -0.25) is 9.59 Å². The van der Waals surface area contributed by atoms with Crippen LogP contribution in [0.2, 0.25) is 0 Å². The third-order valence-electron chi connectivity index (χ3n) is 5.76. The second-order valence-corrected chi connectivity index (χ2v) is 9.74. The van der Waals surface area contributed by atoms with Crippen LogP contribution >= 0.6 is 11.8 Å². The number of ether oxygens (including phenoxy) is 1. The molecule has 3 aromatic rings. The molecule has 1 aromatic heterocycles. The number of hydrogen-bond acceptors (Lipinski definition) is 6. The lowest BCUT2D eigenvalue weighted by atomic mass is 10.0. The summed E-state index contributed by atoms with van der Waals surface area (Å²) < 4.78 is 7.06. The van der Waals surface area contributed by atoms with Gasteiger partial charge in [-0.1, -0.05) is 37.8 Å². The van der Waals surface area contributed by atoms with Gasteiger partial charge in [0.25, 0.3) is 5.91 Å². The molecule has 1 atom stereocenters. The van der Waals surface area contributed by atoms with Crippen molar-refractivity contribution in [2.75, 3.05) is 18.2 Å². The first-order valence-electron chi connectivity index (χ1n) is 11.7. The highest BCUT2D eigenvalue weighted by Gasteiger charge is 2.26. The van der Waals surface area contributed by atoms with Crippen molar-refractivity contribution in [3.63, 3.8) is 0 Å². The van der Waals surface area contributed by atoms with Gasteiger partial charge in [0, 0.05) is 17.8 Å². The van der Waals surface area contributed by atoms with E-state index in [-0.39, 0.29) is 29.5 Å². The SMILES string of the molecule is C=CCn1c(SCC(=O)Nc2ccc(C)c(C)c2)nnc1[C@H](NC(=O)c1ccc(OC)cc1)C(C)C. The number of aromatic nitrogens is 3. The molecule has 2 N–H and O–H groups in total. The molecule has 0 spiro atoms. The van der Waals surface area contributed by atoms with Crippen LogP contribution in [0.3, 0.4) is 0 Å². The highest BCUT2D eigenvalue weighted by molar-refractivity contribution is 7.99. The van der Waals surface area contributed by atoms with E-state index in [0.29, 0.717) is 28.8 Å². The summed E-state index contributed by atoms with van der Waals surface area (Å²) in [5, 5.41) is 15.3. The molecule has 1 heterocycles. The number of methoxy groups -OCH3 is 1. The van der Waals surface area contributed by atoms with Gasteiger partial charge in [-0.05, 0) is 67.3 Å². The van der Waals surface area contributed by atoms with Crippen molar-refractivity contribution < 1.29 is 14.3 Å². The monoisotopic (exact) mass is 507 g/mol. The van der Waals surface area contributed by atoms with Gasteiger partial charge in [0.15, 0.2) is 11.0 Å². The summed E-state index contributed by atoms with van der Waals surface area (Å²) >= 11 is 1.29. The van der Waals surface area contributed by atoms with Crippen molar-refractivity contribution >= 4 is 29.3 Å². The lowest BCUT2D eigenvalue weighted by Crippen LogP contribution is -2.33. The number of thioether (sulfide) groups is 1. The zero-order chi connectivity index (χ0) is 26.2. The molecule has 0 radical (unpaired) electrons. The van der Waals surface area contributed by atoms with Crippen LogP contribution in [-0.4, -0.2) is 39.4 Å². The summed E-state index contributed by atoms with van der Waals surface area (Å²) in [6, 6.07) is 12.4. The fourth-order valence-corrected chi connectivity index (χ4v) is 4.34. The van der Waals surface area contributed by atoms with E-state index in [1.807, 2.05) is 50.5 Å². The predicted molar refractivity (Wildman–Crippen MR) is 144 cm³/mol. The number of carbonyl (C=O) groups excluding carboxylic acids is 2. The minimum absolute atomic E-state index is 0.0471. The van der Waals surface area contributed by atoms with Crippen molar-refractivity contribution in [1.29, 1.82) is 0 Å². The van der Waals surface area contributed by atoms with Gasteiger partial charge in [-0.25, -0.2) is 0 Å². The summed E-state index contributed by atoms with van der Waals surface area (Å²) in [7, 11) is 1.58. The van der Waals surface area contributed by atoms with Crippen LogP contribution < -0.4 is 15.4 Å².